The Hall–Kier alpha value is -3.34. The number of anilines is 1. The molecular weight excluding hydrogens is 542 g/mol. The van der Waals surface area contributed by atoms with Crippen LogP contribution in [0.2, 0.25) is 5.02 Å². The molecule has 8 nitrogen and oxygen atoms in total. The molecule has 0 fully saturated rings. The molecule has 0 atom stereocenters. The van der Waals surface area contributed by atoms with E-state index in [1.165, 1.54) is 28.0 Å². The van der Waals surface area contributed by atoms with Gasteiger partial charge in [-0.05, 0) is 55.0 Å². The molecule has 0 spiro atoms. The number of aryl methyl sites for hydroxylation is 1. The second kappa shape index (κ2) is 12.0. The van der Waals surface area contributed by atoms with E-state index in [1.807, 2.05) is 30.3 Å². The number of nitrogens with one attached hydrogen (secondary N) is 3. The summed E-state index contributed by atoms with van der Waals surface area (Å²) in [6.45, 7) is 0.429. The van der Waals surface area contributed by atoms with Crippen LogP contribution in [0.3, 0.4) is 0 Å². The minimum absolute atomic E-state index is 0.0949. The van der Waals surface area contributed by atoms with Crippen LogP contribution in [0.15, 0.2) is 53.7 Å². The molecule has 2 heterocycles. The smallest absolute Gasteiger partial charge is 0.254 e. The molecule has 0 bridgehead atoms. The summed E-state index contributed by atoms with van der Waals surface area (Å²) in [5, 5.41) is 14.7. The van der Waals surface area contributed by atoms with E-state index in [2.05, 4.69) is 25.8 Å². The maximum absolute atomic E-state index is 13.2. The molecule has 0 unspecified atom stereocenters. The average Bonchev–Trinajstić information content (AvgIpc) is 3.55. The van der Waals surface area contributed by atoms with E-state index in [0.717, 1.165) is 36.8 Å². The van der Waals surface area contributed by atoms with E-state index >= 15 is 0 Å². The molecule has 11 heteroatoms. The number of thioether (sulfide) groups is 1. The molecule has 0 saturated carbocycles. The van der Waals surface area contributed by atoms with Crippen LogP contribution in [-0.4, -0.2) is 39.9 Å². The van der Waals surface area contributed by atoms with Crippen molar-refractivity contribution in [3.05, 3.63) is 75.1 Å². The Morgan fingerprint density at radius 3 is 2.79 bits per heavy atom. The molecule has 1 aliphatic rings. The Balaban J connectivity index is 1.26. The normalized spacial score (nSPS) is 12.6. The molecule has 196 valence electrons. The van der Waals surface area contributed by atoms with Crippen molar-refractivity contribution in [2.24, 2.45) is 0 Å². The third-order valence-corrected chi connectivity index (χ3v) is 8.45. The first kappa shape index (κ1) is 26.3. The van der Waals surface area contributed by atoms with Gasteiger partial charge in [0.25, 0.3) is 5.91 Å². The van der Waals surface area contributed by atoms with Crippen molar-refractivity contribution in [1.29, 1.82) is 0 Å². The van der Waals surface area contributed by atoms with Crippen LogP contribution in [0, 0.1) is 0 Å². The zero-order chi connectivity index (χ0) is 26.5. The number of rotatable bonds is 9. The van der Waals surface area contributed by atoms with Crippen molar-refractivity contribution in [3.8, 4) is 17.1 Å². The molecule has 0 saturated heterocycles. The lowest BCUT2D eigenvalue weighted by atomic mass is 9.95. The Morgan fingerprint density at radius 1 is 1.16 bits per heavy atom. The van der Waals surface area contributed by atoms with Gasteiger partial charge in [0.1, 0.15) is 10.8 Å². The number of thiophene rings is 1. The summed E-state index contributed by atoms with van der Waals surface area (Å²) in [6.07, 6.45) is 3.90. The van der Waals surface area contributed by atoms with Gasteiger partial charge in [0.15, 0.2) is 5.82 Å². The standard InChI is InChI=1S/C27H26ClN5O3S2/c1-36-20-12-11-17(28)13-19(20)24-31-27(33-32-24)37-15-22(34)30-26-23(18-9-5-6-10-21(18)38-26)25(35)29-14-16-7-3-2-4-8-16/h2-4,7-8,11-13H,5-6,9-10,14-15H2,1H3,(H,29,35)(H,30,34)(H,31,32,33). The number of carbonyl (C=O) groups is 2. The van der Waals surface area contributed by atoms with Gasteiger partial charge in [-0.1, -0.05) is 53.7 Å². The van der Waals surface area contributed by atoms with Gasteiger partial charge in [-0.3, -0.25) is 14.7 Å². The zero-order valence-electron chi connectivity index (χ0n) is 20.7. The fourth-order valence-electron chi connectivity index (χ4n) is 4.35. The number of benzene rings is 2. The lowest BCUT2D eigenvalue weighted by Gasteiger charge is -2.13. The number of halogens is 1. The Kier molecular flexibility index (Phi) is 8.31. The highest BCUT2D eigenvalue weighted by Gasteiger charge is 2.26. The Morgan fingerprint density at radius 2 is 1.97 bits per heavy atom. The quantitative estimate of drug-likeness (QED) is 0.223. The van der Waals surface area contributed by atoms with Crippen molar-refractivity contribution in [2.75, 3.05) is 18.2 Å². The van der Waals surface area contributed by atoms with Crippen molar-refractivity contribution >= 4 is 51.5 Å². The third-order valence-electron chi connectivity index (χ3n) is 6.16. The molecule has 3 N–H and O–H groups in total. The number of methoxy groups -OCH3 is 1. The van der Waals surface area contributed by atoms with E-state index in [4.69, 9.17) is 16.3 Å². The highest BCUT2D eigenvalue weighted by molar-refractivity contribution is 7.99. The first-order chi connectivity index (χ1) is 18.5. The van der Waals surface area contributed by atoms with Gasteiger partial charge in [0.2, 0.25) is 11.1 Å². The van der Waals surface area contributed by atoms with Gasteiger partial charge in [-0.15, -0.1) is 16.4 Å². The van der Waals surface area contributed by atoms with Crippen LogP contribution >= 0.6 is 34.7 Å². The summed E-state index contributed by atoms with van der Waals surface area (Å²) >= 11 is 8.84. The minimum atomic E-state index is -0.225. The highest BCUT2D eigenvalue weighted by Crippen LogP contribution is 2.38. The predicted octanol–water partition coefficient (Wildman–Crippen LogP) is 5.73. The van der Waals surface area contributed by atoms with E-state index in [-0.39, 0.29) is 17.6 Å². The van der Waals surface area contributed by atoms with Gasteiger partial charge >= 0.3 is 0 Å². The van der Waals surface area contributed by atoms with E-state index < -0.39 is 0 Å². The van der Waals surface area contributed by atoms with E-state index in [1.54, 1.807) is 25.3 Å². The second-order valence-corrected chi connectivity index (χ2v) is 11.2. The molecule has 2 aromatic heterocycles. The van der Waals surface area contributed by atoms with E-state index in [9.17, 15) is 9.59 Å². The fourth-order valence-corrected chi connectivity index (χ4v) is 6.42. The maximum Gasteiger partial charge on any atom is 0.254 e. The van der Waals surface area contributed by atoms with Crippen LogP contribution in [-0.2, 0) is 24.2 Å². The molecule has 0 radical (unpaired) electrons. The van der Waals surface area contributed by atoms with Crippen LogP contribution in [0.4, 0.5) is 5.00 Å². The van der Waals surface area contributed by atoms with Gasteiger partial charge in [-0.25, -0.2) is 4.98 Å². The van der Waals surface area contributed by atoms with Crippen molar-refractivity contribution < 1.29 is 14.3 Å². The average molecular weight is 568 g/mol. The SMILES string of the molecule is COc1ccc(Cl)cc1-c1nc(SCC(=O)Nc2sc3c(c2C(=O)NCc2ccccc2)CCCC3)n[nH]1. The minimum Gasteiger partial charge on any atom is -0.496 e. The van der Waals surface area contributed by atoms with Gasteiger partial charge in [0, 0.05) is 16.4 Å². The summed E-state index contributed by atoms with van der Waals surface area (Å²) in [5.41, 5.74) is 3.35. The monoisotopic (exact) mass is 567 g/mol. The maximum atomic E-state index is 13.2. The molecule has 2 amide bonds. The number of H-pyrrole nitrogens is 1. The van der Waals surface area contributed by atoms with Crippen LogP contribution < -0.4 is 15.4 Å². The number of nitrogens with zero attached hydrogens (tertiary/aromatic N) is 2. The van der Waals surface area contributed by atoms with Crippen LogP contribution in [0.25, 0.3) is 11.4 Å². The first-order valence-electron chi connectivity index (χ1n) is 12.2. The number of ether oxygens (including phenoxy) is 1. The molecule has 0 aliphatic heterocycles. The molecule has 4 aromatic rings. The summed E-state index contributed by atoms with van der Waals surface area (Å²) in [5.74, 6) is 0.815. The largest absolute Gasteiger partial charge is 0.496 e. The molecule has 5 rings (SSSR count). The van der Waals surface area contributed by atoms with E-state index in [0.29, 0.717) is 44.4 Å². The summed E-state index contributed by atoms with van der Waals surface area (Å²) in [6, 6.07) is 15.0. The van der Waals surface area contributed by atoms with Crippen molar-refractivity contribution in [2.45, 2.75) is 37.4 Å². The number of hydrogen-bond acceptors (Lipinski definition) is 7. The summed E-state index contributed by atoms with van der Waals surface area (Å²) in [7, 11) is 1.57. The second-order valence-electron chi connectivity index (χ2n) is 8.73. The summed E-state index contributed by atoms with van der Waals surface area (Å²) < 4.78 is 5.39. The lowest BCUT2D eigenvalue weighted by molar-refractivity contribution is -0.113. The highest BCUT2D eigenvalue weighted by atomic mass is 35.5. The zero-order valence-corrected chi connectivity index (χ0v) is 23.1. The lowest BCUT2D eigenvalue weighted by Crippen LogP contribution is -2.25. The molecule has 38 heavy (non-hydrogen) atoms. The number of aromatic nitrogens is 3. The van der Waals surface area contributed by atoms with Crippen molar-refractivity contribution in [1.82, 2.24) is 20.5 Å². The molecule has 1 aliphatic carbocycles. The summed E-state index contributed by atoms with van der Waals surface area (Å²) in [4.78, 5) is 31.8. The Bertz CT molecular complexity index is 1450. The number of amides is 2. The Labute approximate surface area is 233 Å². The molecule has 2 aromatic carbocycles. The van der Waals surface area contributed by atoms with Gasteiger partial charge in [-0.2, -0.15) is 0 Å². The van der Waals surface area contributed by atoms with Crippen molar-refractivity contribution in [3.63, 3.8) is 0 Å². The van der Waals surface area contributed by atoms with Crippen LogP contribution in [0.1, 0.15) is 39.2 Å². The van der Waals surface area contributed by atoms with Gasteiger partial charge < -0.3 is 15.4 Å². The predicted molar refractivity (Wildman–Crippen MR) is 151 cm³/mol. The van der Waals surface area contributed by atoms with Gasteiger partial charge in [0.05, 0.1) is 24.0 Å². The topological polar surface area (TPSA) is 109 Å². The van der Waals surface area contributed by atoms with Crippen LogP contribution in [0.5, 0.6) is 5.75 Å². The fraction of sp³-hybridized carbons (Fsp3) is 0.259. The number of fused-ring (bicyclic) bond motifs is 1. The number of carbonyl (C=O) groups excluding carboxylic acids is 2. The third kappa shape index (κ3) is 6.03. The number of aromatic amines is 1. The molecular formula is C27H26ClN5O3S2. The number of hydrogen-bond donors (Lipinski definition) is 3. The first-order valence-corrected chi connectivity index (χ1v) is 14.4.